The minimum atomic E-state index is -0.873. The van der Waals surface area contributed by atoms with Gasteiger partial charge in [0.05, 0.1) is 12.8 Å². The van der Waals surface area contributed by atoms with Gasteiger partial charge in [0.2, 0.25) is 11.9 Å². The molecule has 1 aromatic heterocycles. The van der Waals surface area contributed by atoms with Crippen LogP contribution in [0, 0.1) is 12.7 Å². The van der Waals surface area contributed by atoms with E-state index in [1.165, 1.54) is 25.3 Å². The van der Waals surface area contributed by atoms with Crippen LogP contribution in [0.1, 0.15) is 25.5 Å². The number of fused-ring (bicyclic) bond motifs is 1. The first-order chi connectivity index (χ1) is 14.6. The van der Waals surface area contributed by atoms with Crippen molar-refractivity contribution in [2.45, 2.75) is 44.5 Å². The van der Waals surface area contributed by atoms with Crippen molar-refractivity contribution in [3.05, 3.63) is 29.7 Å². The van der Waals surface area contributed by atoms with Crippen molar-refractivity contribution in [3.63, 3.8) is 0 Å². The van der Waals surface area contributed by atoms with E-state index in [9.17, 15) is 9.18 Å². The maximum Gasteiger partial charge on any atom is 0.249 e. The number of nitrogens with two attached hydrogens (primary N) is 1. The molecule has 1 amide bonds. The summed E-state index contributed by atoms with van der Waals surface area (Å²) in [5.74, 6) is 1.29. The lowest BCUT2D eigenvalue weighted by Crippen LogP contribution is -2.61. The summed E-state index contributed by atoms with van der Waals surface area (Å²) in [6.07, 6.45) is 1.05. The van der Waals surface area contributed by atoms with Crippen LogP contribution in [0.15, 0.2) is 18.2 Å². The Morgan fingerprint density at radius 2 is 2.00 bits per heavy atom. The Morgan fingerprint density at radius 1 is 1.29 bits per heavy atom. The number of aromatic nitrogens is 2. The summed E-state index contributed by atoms with van der Waals surface area (Å²) < 4.78 is 24.5. The number of anilines is 3. The molecule has 1 aliphatic carbocycles. The van der Waals surface area contributed by atoms with Crippen molar-refractivity contribution < 1.29 is 18.7 Å². The highest BCUT2D eigenvalue weighted by atomic mass is 19.1. The fraction of sp³-hybridized carbons (Fsp3) is 0.476. The number of aryl methyl sites for hydroxylation is 1. The van der Waals surface area contributed by atoms with Crippen LogP contribution in [0.5, 0.6) is 11.5 Å². The minimum Gasteiger partial charge on any atom is -0.494 e. The fourth-order valence-electron chi connectivity index (χ4n) is 4.08. The molecule has 3 N–H and O–H groups in total. The molecule has 0 bridgehead atoms. The Labute approximate surface area is 180 Å². The molecule has 1 atom stereocenters. The highest BCUT2D eigenvalue weighted by Crippen LogP contribution is 2.38. The van der Waals surface area contributed by atoms with Crippen LogP contribution < -0.4 is 30.3 Å². The summed E-state index contributed by atoms with van der Waals surface area (Å²) in [7, 11) is 4.99. The van der Waals surface area contributed by atoms with E-state index >= 15 is 0 Å². The summed E-state index contributed by atoms with van der Waals surface area (Å²) in [6, 6.07) is 4.01. The molecule has 2 heterocycles. The number of nitrogens with one attached hydrogen (secondary N) is 1. The lowest BCUT2D eigenvalue weighted by atomic mass is 9.83. The van der Waals surface area contributed by atoms with E-state index in [1.807, 2.05) is 25.8 Å². The fourth-order valence-corrected chi connectivity index (χ4v) is 4.08. The predicted octanol–water partition coefficient (Wildman–Crippen LogP) is 2.04. The zero-order valence-corrected chi connectivity index (χ0v) is 18.3. The van der Waals surface area contributed by atoms with Crippen LogP contribution in [-0.2, 0) is 4.79 Å². The Kier molecular flexibility index (Phi) is 5.12. The molecule has 0 radical (unpaired) electrons. The summed E-state index contributed by atoms with van der Waals surface area (Å²) in [6.45, 7) is 3.71. The number of nitrogens with zero attached hydrogens (tertiary/aromatic N) is 4. The smallest absolute Gasteiger partial charge is 0.249 e. The van der Waals surface area contributed by atoms with Crippen molar-refractivity contribution in [1.82, 2.24) is 9.97 Å². The lowest BCUT2D eigenvalue weighted by molar-refractivity contribution is -0.119. The second kappa shape index (κ2) is 7.52. The second-order valence-corrected chi connectivity index (χ2v) is 8.20. The number of halogens is 1. The lowest BCUT2D eigenvalue weighted by Gasteiger charge is -2.44. The van der Waals surface area contributed by atoms with Gasteiger partial charge in [0.1, 0.15) is 17.5 Å². The third-order valence-corrected chi connectivity index (χ3v) is 5.94. The summed E-state index contributed by atoms with van der Waals surface area (Å²) in [5.41, 5.74) is 6.89. The first kappa shape index (κ1) is 21.1. The molecule has 1 aromatic carbocycles. The first-order valence-electron chi connectivity index (χ1n) is 10.1. The molecule has 2 aliphatic rings. The SMILES string of the molecule is COc1cc(OC2(N)CC(Nc3nc(C)c4c(n3)N(C)[C@@H](C)C(=O)N4C)C2)ccc1F. The van der Waals surface area contributed by atoms with Crippen molar-refractivity contribution in [1.29, 1.82) is 0 Å². The minimum absolute atomic E-state index is 0.00360. The molecule has 1 aliphatic heterocycles. The standard InChI is InChI=1S/C21H27FN6O3/c1-11-17-18(27(3)12(2)19(29)28(17)4)26-20(24-11)25-13-9-21(23,10-13)31-14-6-7-15(22)16(8-14)30-5/h6-8,12-13H,9-10,23H2,1-5H3,(H,24,25,26)/t12-,13?,21?/m0/s1. The van der Waals surface area contributed by atoms with E-state index in [0.29, 0.717) is 36.0 Å². The molecule has 166 valence electrons. The van der Waals surface area contributed by atoms with E-state index in [1.54, 1.807) is 11.9 Å². The number of carbonyl (C=O) groups excluding carboxylic acids is 1. The topological polar surface area (TPSA) is 106 Å². The number of methoxy groups -OCH3 is 1. The zero-order valence-electron chi connectivity index (χ0n) is 18.3. The first-order valence-corrected chi connectivity index (χ1v) is 10.1. The van der Waals surface area contributed by atoms with Gasteiger partial charge in [0, 0.05) is 39.0 Å². The number of amides is 1. The van der Waals surface area contributed by atoms with Crippen molar-refractivity contribution in [3.8, 4) is 11.5 Å². The monoisotopic (exact) mass is 430 g/mol. The predicted molar refractivity (Wildman–Crippen MR) is 115 cm³/mol. The maximum atomic E-state index is 13.6. The Balaban J connectivity index is 1.45. The molecule has 9 nitrogen and oxygen atoms in total. The van der Waals surface area contributed by atoms with E-state index in [4.69, 9.17) is 15.2 Å². The van der Waals surface area contributed by atoms with Crippen LogP contribution >= 0.6 is 0 Å². The third kappa shape index (κ3) is 3.71. The van der Waals surface area contributed by atoms with Crippen LogP contribution in [0.3, 0.4) is 0 Å². The number of hydrogen-bond donors (Lipinski definition) is 2. The summed E-state index contributed by atoms with van der Waals surface area (Å²) >= 11 is 0. The molecule has 1 saturated carbocycles. The van der Waals surface area contributed by atoms with Gasteiger partial charge in [-0.3, -0.25) is 10.5 Å². The highest BCUT2D eigenvalue weighted by molar-refractivity contribution is 6.04. The van der Waals surface area contributed by atoms with Crippen LogP contribution in [-0.4, -0.2) is 54.9 Å². The van der Waals surface area contributed by atoms with Gasteiger partial charge in [0.25, 0.3) is 0 Å². The van der Waals surface area contributed by atoms with Gasteiger partial charge < -0.3 is 24.6 Å². The molecule has 1 fully saturated rings. The van der Waals surface area contributed by atoms with Gasteiger partial charge in [-0.25, -0.2) is 9.37 Å². The van der Waals surface area contributed by atoms with Crippen LogP contribution in [0.4, 0.5) is 21.8 Å². The third-order valence-electron chi connectivity index (χ3n) is 5.94. The van der Waals surface area contributed by atoms with Gasteiger partial charge >= 0.3 is 0 Å². The molecule has 31 heavy (non-hydrogen) atoms. The number of carbonyl (C=O) groups is 1. The van der Waals surface area contributed by atoms with E-state index in [0.717, 1.165) is 5.69 Å². The normalized spacial score (nSPS) is 25.1. The van der Waals surface area contributed by atoms with Gasteiger partial charge in [-0.2, -0.15) is 4.98 Å². The number of benzene rings is 1. The van der Waals surface area contributed by atoms with Crippen molar-refractivity contribution >= 4 is 23.4 Å². The quantitative estimate of drug-likeness (QED) is 0.695. The number of rotatable bonds is 5. The molecule has 0 saturated heterocycles. The van der Waals surface area contributed by atoms with Gasteiger partial charge in [-0.05, 0) is 26.0 Å². The Hall–Kier alpha value is -3.14. The molecule has 2 aromatic rings. The van der Waals surface area contributed by atoms with Crippen molar-refractivity contribution in [2.24, 2.45) is 5.73 Å². The maximum absolute atomic E-state index is 13.6. The largest absolute Gasteiger partial charge is 0.494 e. The summed E-state index contributed by atoms with van der Waals surface area (Å²) in [4.78, 5) is 25.1. The molecular weight excluding hydrogens is 403 g/mol. The zero-order chi connectivity index (χ0) is 22.5. The van der Waals surface area contributed by atoms with E-state index in [2.05, 4.69) is 15.3 Å². The average Bonchev–Trinajstić information content (AvgIpc) is 2.70. The Bertz CT molecular complexity index is 1030. The van der Waals surface area contributed by atoms with E-state index < -0.39 is 11.5 Å². The molecule has 0 spiro atoms. The van der Waals surface area contributed by atoms with Gasteiger partial charge in [-0.1, -0.05) is 0 Å². The van der Waals surface area contributed by atoms with E-state index in [-0.39, 0.29) is 23.7 Å². The number of likely N-dealkylation sites (N-methyl/N-ethyl adjacent to an activating group) is 2. The Morgan fingerprint density at radius 3 is 2.68 bits per heavy atom. The van der Waals surface area contributed by atoms with Crippen molar-refractivity contribution in [2.75, 3.05) is 36.3 Å². The molecule has 10 heteroatoms. The van der Waals surface area contributed by atoms with Crippen LogP contribution in [0.25, 0.3) is 0 Å². The highest BCUT2D eigenvalue weighted by Gasteiger charge is 2.44. The molecule has 0 unspecified atom stereocenters. The molecule has 4 rings (SSSR count). The number of ether oxygens (including phenoxy) is 2. The van der Waals surface area contributed by atoms with Crippen LogP contribution in [0.2, 0.25) is 0 Å². The summed E-state index contributed by atoms with van der Waals surface area (Å²) in [5, 5.41) is 3.31. The van der Waals surface area contributed by atoms with Gasteiger partial charge in [0.15, 0.2) is 23.1 Å². The number of hydrogen-bond acceptors (Lipinski definition) is 8. The molecular formula is C21H27FN6O3. The average molecular weight is 430 g/mol. The van der Waals surface area contributed by atoms with Gasteiger partial charge in [-0.15, -0.1) is 0 Å². The second-order valence-electron chi connectivity index (χ2n) is 8.20.